The number of hydrogen-bond donors (Lipinski definition) is 3. The number of nitrogens with zero attached hydrogens (tertiary/aromatic N) is 1. The van der Waals surface area contributed by atoms with Gasteiger partial charge in [-0.1, -0.05) is 0 Å². The van der Waals surface area contributed by atoms with Crippen molar-refractivity contribution in [1.82, 2.24) is 5.32 Å². The van der Waals surface area contributed by atoms with E-state index >= 15 is 0 Å². The number of carbonyl (C=O) groups excluding carboxylic acids is 1. The first kappa shape index (κ1) is 11.7. The van der Waals surface area contributed by atoms with E-state index in [9.17, 15) is 9.90 Å². The standard InChI is InChI=1S/C7H16N4O2/c1-10-7(9)11-4-2-3-5(8)6(12)13/h5H,2-4,8H2,1H3,(H,12,13)(H3,9,10,11)/p-1/t5-/m0/s1. The summed E-state index contributed by atoms with van der Waals surface area (Å²) >= 11 is 0. The van der Waals surface area contributed by atoms with E-state index in [1.807, 2.05) is 0 Å². The zero-order valence-corrected chi connectivity index (χ0v) is 7.62. The molecule has 0 aromatic rings. The summed E-state index contributed by atoms with van der Waals surface area (Å²) in [6.07, 6.45) is 0.984. The van der Waals surface area contributed by atoms with E-state index in [0.717, 1.165) is 0 Å². The van der Waals surface area contributed by atoms with Crippen molar-refractivity contribution in [3.05, 3.63) is 0 Å². The van der Waals surface area contributed by atoms with Gasteiger partial charge in [0, 0.05) is 19.6 Å². The molecule has 0 unspecified atom stereocenters. The lowest BCUT2D eigenvalue weighted by Crippen LogP contribution is -2.42. The van der Waals surface area contributed by atoms with Crippen molar-refractivity contribution >= 4 is 11.9 Å². The van der Waals surface area contributed by atoms with Crippen molar-refractivity contribution in [2.24, 2.45) is 16.5 Å². The van der Waals surface area contributed by atoms with Gasteiger partial charge in [-0.05, 0) is 12.8 Å². The predicted octanol–water partition coefficient (Wildman–Crippen LogP) is -2.62. The summed E-state index contributed by atoms with van der Waals surface area (Å²) in [5.41, 5.74) is 10.5. The van der Waals surface area contributed by atoms with Crippen LogP contribution in [0.15, 0.2) is 4.99 Å². The van der Waals surface area contributed by atoms with Gasteiger partial charge in [0.1, 0.15) is 0 Å². The molecule has 0 saturated heterocycles. The lowest BCUT2D eigenvalue weighted by atomic mass is 10.2. The Morgan fingerprint density at radius 3 is 2.77 bits per heavy atom. The number of carbonyl (C=O) groups is 1. The molecular weight excluding hydrogens is 172 g/mol. The van der Waals surface area contributed by atoms with Crippen molar-refractivity contribution in [3.63, 3.8) is 0 Å². The molecule has 0 fully saturated rings. The summed E-state index contributed by atoms with van der Waals surface area (Å²) in [5, 5.41) is 13.0. The third-order valence-corrected chi connectivity index (χ3v) is 1.54. The fourth-order valence-electron chi connectivity index (χ4n) is 0.735. The predicted molar refractivity (Wildman–Crippen MR) is 47.8 cm³/mol. The van der Waals surface area contributed by atoms with Crippen molar-refractivity contribution in [1.29, 1.82) is 0 Å². The quantitative estimate of drug-likeness (QED) is 0.247. The van der Waals surface area contributed by atoms with Crippen molar-refractivity contribution in [3.8, 4) is 0 Å². The second kappa shape index (κ2) is 6.24. The highest BCUT2D eigenvalue weighted by Crippen LogP contribution is 1.91. The van der Waals surface area contributed by atoms with Crippen LogP contribution in [0.1, 0.15) is 12.8 Å². The van der Waals surface area contributed by atoms with Gasteiger partial charge in [0.25, 0.3) is 0 Å². The number of hydrogen-bond acceptors (Lipinski definition) is 4. The number of aliphatic carboxylic acids is 1. The highest BCUT2D eigenvalue weighted by Gasteiger charge is 2.01. The van der Waals surface area contributed by atoms with Gasteiger partial charge in [-0.3, -0.25) is 4.99 Å². The summed E-state index contributed by atoms with van der Waals surface area (Å²) in [4.78, 5) is 13.8. The highest BCUT2D eigenvalue weighted by molar-refractivity contribution is 5.77. The van der Waals surface area contributed by atoms with Crippen LogP contribution in [-0.2, 0) is 4.79 Å². The van der Waals surface area contributed by atoms with Gasteiger partial charge in [0.05, 0.1) is 5.97 Å². The lowest BCUT2D eigenvalue weighted by molar-refractivity contribution is -0.307. The molecule has 0 aromatic carbocycles. The number of aliphatic imine (C=N–C) groups is 1. The monoisotopic (exact) mass is 187 g/mol. The molecule has 0 radical (unpaired) electrons. The zero-order chi connectivity index (χ0) is 10.3. The van der Waals surface area contributed by atoms with Crippen LogP contribution in [0.5, 0.6) is 0 Å². The number of nitrogens with two attached hydrogens (primary N) is 2. The third kappa shape index (κ3) is 5.92. The van der Waals surface area contributed by atoms with Crippen LogP contribution in [0.25, 0.3) is 0 Å². The van der Waals surface area contributed by atoms with Gasteiger partial charge in [0.15, 0.2) is 5.96 Å². The number of nitrogens with one attached hydrogen (secondary N) is 1. The maximum atomic E-state index is 10.2. The fraction of sp³-hybridized carbons (Fsp3) is 0.714. The smallest absolute Gasteiger partial charge is 0.188 e. The molecule has 6 nitrogen and oxygen atoms in total. The number of carboxylic acid groups (broad SMARTS) is 1. The average Bonchev–Trinajstić information content (AvgIpc) is 2.11. The first-order valence-corrected chi connectivity index (χ1v) is 4.00. The van der Waals surface area contributed by atoms with Crippen LogP contribution < -0.4 is 21.9 Å². The first-order valence-electron chi connectivity index (χ1n) is 4.00. The molecule has 6 heteroatoms. The lowest BCUT2D eigenvalue weighted by Gasteiger charge is -2.12. The molecule has 0 heterocycles. The van der Waals surface area contributed by atoms with Crippen LogP contribution >= 0.6 is 0 Å². The number of carboxylic acids is 1. The maximum Gasteiger partial charge on any atom is 0.188 e. The molecule has 0 aliphatic carbocycles. The van der Waals surface area contributed by atoms with Crippen molar-refractivity contribution < 1.29 is 9.90 Å². The topological polar surface area (TPSA) is 117 Å². The molecule has 0 aliphatic rings. The van der Waals surface area contributed by atoms with Crippen LogP contribution in [-0.4, -0.2) is 31.6 Å². The van der Waals surface area contributed by atoms with Crippen LogP contribution in [0.3, 0.4) is 0 Å². The first-order chi connectivity index (χ1) is 6.07. The Kier molecular flexibility index (Phi) is 5.62. The average molecular weight is 187 g/mol. The maximum absolute atomic E-state index is 10.2. The second-order valence-corrected chi connectivity index (χ2v) is 2.60. The Labute approximate surface area is 77.0 Å². The molecule has 1 atom stereocenters. The van der Waals surface area contributed by atoms with Gasteiger partial charge in [-0.15, -0.1) is 0 Å². The van der Waals surface area contributed by atoms with E-state index in [1.165, 1.54) is 0 Å². The van der Waals surface area contributed by atoms with E-state index in [-0.39, 0.29) is 0 Å². The molecule has 0 bridgehead atoms. The Bertz CT molecular complexity index is 193. The van der Waals surface area contributed by atoms with Gasteiger partial charge in [0.2, 0.25) is 0 Å². The molecule has 5 N–H and O–H groups in total. The van der Waals surface area contributed by atoms with Gasteiger partial charge < -0.3 is 26.7 Å². The Hall–Kier alpha value is -1.30. The van der Waals surface area contributed by atoms with Gasteiger partial charge in [-0.2, -0.15) is 0 Å². The molecule has 0 saturated carbocycles. The largest absolute Gasteiger partial charge is 0.548 e. The van der Waals surface area contributed by atoms with Crippen LogP contribution in [0.2, 0.25) is 0 Å². The number of rotatable bonds is 5. The second-order valence-electron chi connectivity index (χ2n) is 2.60. The SMILES string of the molecule is CN=C(N)NCCC[C@H](N)C(=O)[O-]. The van der Waals surface area contributed by atoms with E-state index in [2.05, 4.69) is 10.3 Å². The third-order valence-electron chi connectivity index (χ3n) is 1.54. The minimum absolute atomic E-state index is 0.335. The fourth-order valence-corrected chi connectivity index (χ4v) is 0.735. The molecular formula is C7H15N4O2-. The molecule has 13 heavy (non-hydrogen) atoms. The highest BCUT2D eigenvalue weighted by atomic mass is 16.4. The Morgan fingerprint density at radius 1 is 1.69 bits per heavy atom. The van der Waals surface area contributed by atoms with E-state index in [0.29, 0.717) is 25.3 Å². The summed E-state index contributed by atoms with van der Waals surface area (Å²) in [7, 11) is 1.56. The zero-order valence-electron chi connectivity index (χ0n) is 7.62. The van der Waals surface area contributed by atoms with Gasteiger partial charge in [-0.25, -0.2) is 0 Å². The normalized spacial score (nSPS) is 13.8. The molecule has 0 amide bonds. The number of guanidine groups is 1. The summed E-state index contributed by atoms with van der Waals surface area (Å²) in [6, 6.07) is -0.901. The van der Waals surface area contributed by atoms with Crippen molar-refractivity contribution in [2.75, 3.05) is 13.6 Å². The minimum atomic E-state index is -1.22. The van der Waals surface area contributed by atoms with E-state index in [1.54, 1.807) is 7.05 Å². The molecule has 0 rings (SSSR count). The molecule has 0 aromatic heterocycles. The van der Waals surface area contributed by atoms with Crippen molar-refractivity contribution in [2.45, 2.75) is 18.9 Å². The van der Waals surface area contributed by atoms with Crippen LogP contribution in [0, 0.1) is 0 Å². The summed E-state index contributed by atoms with van der Waals surface area (Å²) < 4.78 is 0. The molecule has 76 valence electrons. The Morgan fingerprint density at radius 2 is 2.31 bits per heavy atom. The molecule has 0 aliphatic heterocycles. The Balaban J connectivity index is 3.41. The van der Waals surface area contributed by atoms with Gasteiger partial charge >= 0.3 is 0 Å². The van der Waals surface area contributed by atoms with E-state index < -0.39 is 12.0 Å². The summed E-state index contributed by atoms with van der Waals surface area (Å²) in [6.45, 7) is 0.560. The van der Waals surface area contributed by atoms with E-state index in [4.69, 9.17) is 11.5 Å². The summed E-state index contributed by atoms with van der Waals surface area (Å²) in [5.74, 6) is -0.890. The molecule has 0 spiro atoms. The minimum Gasteiger partial charge on any atom is -0.548 e. The van der Waals surface area contributed by atoms with Crippen LogP contribution in [0.4, 0.5) is 0 Å².